The van der Waals surface area contributed by atoms with Crippen LogP contribution >= 0.6 is 0 Å². The smallest absolute Gasteiger partial charge is 0.230 e. The van der Waals surface area contributed by atoms with Crippen LogP contribution in [0.1, 0.15) is 24.0 Å². The maximum atomic E-state index is 12.4. The number of phenols is 1. The number of aromatic hydroxyl groups is 1. The van der Waals surface area contributed by atoms with E-state index in [-0.39, 0.29) is 17.1 Å². The lowest BCUT2D eigenvalue weighted by Crippen LogP contribution is -2.35. The van der Waals surface area contributed by atoms with Gasteiger partial charge in [0.15, 0.2) is 0 Å². The fourth-order valence-electron chi connectivity index (χ4n) is 2.68. The fourth-order valence-corrected chi connectivity index (χ4v) is 2.68. The van der Waals surface area contributed by atoms with Gasteiger partial charge in [-0.3, -0.25) is 4.79 Å². The Bertz CT molecular complexity index is 615. The van der Waals surface area contributed by atoms with E-state index in [1.165, 1.54) is 0 Å². The van der Waals surface area contributed by atoms with Crippen molar-refractivity contribution >= 4 is 5.91 Å². The van der Waals surface area contributed by atoms with E-state index in [4.69, 9.17) is 0 Å². The number of amides is 1. The molecule has 1 aliphatic carbocycles. The minimum atomic E-state index is -0.295. The van der Waals surface area contributed by atoms with Gasteiger partial charge < -0.3 is 10.4 Å². The lowest BCUT2D eigenvalue weighted by Gasteiger charge is -2.15. The van der Waals surface area contributed by atoms with Crippen LogP contribution in [0, 0.1) is 0 Å². The first-order valence-corrected chi connectivity index (χ1v) is 7.32. The fraction of sp³-hybridized carbons (Fsp3) is 0.278. The Morgan fingerprint density at radius 1 is 1.05 bits per heavy atom. The van der Waals surface area contributed by atoms with Crippen LogP contribution in [0.4, 0.5) is 0 Å². The van der Waals surface area contributed by atoms with E-state index in [0.29, 0.717) is 6.54 Å². The Morgan fingerprint density at radius 2 is 1.71 bits per heavy atom. The molecule has 0 heterocycles. The number of hydrogen-bond acceptors (Lipinski definition) is 2. The summed E-state index contributed by atoms with van der Waals surface area (Å²) in [5.41, 5.74) is 1.93. The Morgan fingerprint density at radius 3 is 2.33 bits per heavy atom. The third-order valence-corrected chi connectivity index (χ3v) is 4.15. The number of carbonyl (C=O) groups is 1. The molecular weight excluding hydrogens is 262 g/mol. The van der Waals surface area contributed by atoms with Gasteiger partial charge in [0.25, 0.3) is 0 Å². The molecule has 0 unspecified atom stereocenters. The first-order chi connectivity index (χ1) is 10.2. The summed E-state index contributed by atoms with van der Waals surface area (Å²) >= 11 is 0. The molecule has 0 atom stereocenters. The van der Waals surface area contributed by atoms with Crippen LogP contribution < -0.4 is 5.32 Å². The molecule has 3 heteroatoms. The van der Waals surface area contributed by atoms with Crippen LogP contribution in [0.3, 0.4) is 0 Å². The number of hydrogen-bond donors (Lipinski definition) is 2. The van der Waals surface area contributed by atoms with Crippen LogP contribution in [-0.2, 0) is 16.6 Å². The highest BCUT2D eigenvalue weighted by molar-refractivity contribution is 5.91. The summed E-state index contributed by atoms with van der Waals surface area (Å²) < 4.78 is 0. The Hall–Kier alpha value is -2.29. The number of phenolic OH excluding ortho intramolecular Hbond substituents is 1. The van der Waals surface area contributed by atoms with Crippen LogP contribution in [0.15, 0.2) is 54.6 Å². The summed E-state index contributed by atoms with van der Waals surface area (Å²) in [5, 5.41) is 12.3. The van der Waals surface area contributed by atoms with Gasteiger partial charge in [-0.05, 0) is 42.5 Å². The molecule has 2 aromatic rings. The van der Waals surface area contributed by atoms with Gasteiger partial charge in [-0.1, -0.05) is 42.5 Å². The molecule has 0 radical (unpaired) electrons. The topological polar surface area (TPSA) is 49.3 Å². The highest BCUT2D eigenvalue weighted by Crippen LogP contribution is 2.48. The molecule has 21 heavy (non-hydrogen) atoms. The molecule has 3 nitrogen and oxygen atoms in total. The third kappa shape index (κ3) is 2.92. The van der Waals surface area contributed by atoms with Crippen molar-refractivity contribution in [3.63, 3.8) is 0 Å². The predicted molar refractivity (Wildman–Crippen MR) is 82.2 cm³/mol. The van der Waals surface area contributed by atoms with Gasteiger partial charge in [0.05, 0.1) is 5.41 Å². The number of carbonyl (C=O) groups excluding carboxylic acids is 1. The van der Waals surface area contributed by atoms with Crippen molar-refractivity contribution in [1.82, 2.24) is 5.32 Å². The standard InChI is InChI=1S/C18H19NO2/c20-16-8-6-14(7-9-16)10-13-19-17(21)18(11-12-18)15-4-2-1-3-5-15/h1-9,20H,10-13H2,(H,19,21). The molecule has 0 aliphatic heterocycles. The largest absolute Gasteiger partial charge is 0.508 e. The zero-order valence-electron chi connectivity index (χ0n) is 11.9. The van der Waals surface area contributed by atoms with E-state index in [9.17, 15) is 9.90 Å². The van der Waals surface area contributed by atoms with Crippen molar-refractivity contribution in [2.45, 2.75) is 24.7 Å². The average Bonchev–Trinajstić information content (AvgIpc) is 3.32. The van der Waals surface area contributed by atoms with Gasteiger partial charge in [-0.2, -0.15) is 0 Å². The van der Waals surface area contributed by atoms with Crippen LogP contribution in [-0.4, -0.2) is 17.6 Å². The van der Waals surface area contributed by atoms with E-state index in [2.05, 4.69) is 5.32 Å². The molecule has 0 saturated heterocycles. The van der Waals surface area contributed by atoms with Crippen molar-refractivity contribution in [1.29, 1.82) is 0 Å². The molecule has 108 valence electrons. The highest BCUT2D eigenvalue weighted by atomic mass is 16.3. The molecule has 1 aliphatic rings. The summed E-state index contributed by atoms with van der Waals surface area (Å²) in [4.78, 5) is 12.4. The minimum absolute atomic E-state index is 0.132. The SMILES string of the molecule is O=C(NCCc1ccc(O)cc1)C1(c2ccccc2)CC1. The van der Waals surface area contributed by atoms with E-state index >= 15 is 0 Å². The zero-order valence-corrected chi connectivity index (χ0v) is 11.9. The minimum Gasteiger partial charge on any atom is -0.508 e. The van der Waals surface area contributed by atoms with Gasteiger partial charge in [0.2, 0.25) is 5.91 Å². The Labute approximate surface area is 124 Å². The second kappa shape index (κ2) is 5.60. The van der Waals surface area contributed by atoms with Crippen molar-refractivity contribution < 1.29 is 9.90 Å². The molecule has 3 rings (SSSR count). The van der Waals surface area contributed by atoms with Gasteiger partial charge in [0.1, 0.15) is 5.75 Å². The van der Waals surface area contributed by atoms with Gasteiger partial charge in [0, 0.05) is 6.54 Å². The second-order valence-corrected chi connectivity index (χ2v) is 5.62. The second-order valence-electron chi connectivity index (χ2n) is 5.62. The zero-order chi connectivity index (χ0) is 14.7. The monoisotopic (exact) mass is 281 g/mol. The summed E-state index contributed by atoms with van der Waals surface area (Å²) in [6.07, 6.45) is 2.64. The highest BCUT2D eigenvalue weighted by Gasteiger charge is 2.50. The summed E-state index contributed by atoms with van der Waals surface area (Å²) in [7, 11) is 0. The Balaban J connectivity index is 1.56. The molecule has 1 fully saturated rings. The van der Waals surface area contributed by atoms with E-state index in [0.717, 1.165) is 30.4 Å². The van der Waals surface area contributed by atoms with Gasteiger partial charge in [-0.15, -0.1) is 0 Å². The Kier molecular flexibility index (Phi) is 3.65. The van der Waals surface area contributed by atoms with Crippen molar-refractivity contribution in [2.75, 3.05) is 6.54 Å². The number of nitrogens with one attached hydrogen (secondary N) is 1. The quantitative estimate of drug-likeness (QED) is 0.885. The predicted octanol–water partition coefficient (Wildman–Crippen LogP) is 2.78. The lowest BCUT2D eigenvalue weighted by atomic mass is 9.95. The molecule has 2 aromatic carbocycles. The van der Waals surface area contributed by atoms with Crippen molar-refractivity contribution in [2.24, 2.45) is 0 Å². The molecular formula is C18H19NO2. The maximum Gasteiger partial charge on any atom is 0.230 e. The van der Waals surface area contributed by atoms with Crippen LogP contribution in [0.5, 0.6) is 5.75 Å². The van der Waals surface area contributed by atoms with E-state index in [1.807, 2.05) is 42.5 Å². The first-order valence-electron chi connectivity index (χ1n) is 7.32. The van der Waals surface area contributed by atoms with Crippen LogP contribution in [0.25, 0.3) is 0 Å². The van der Waals surface area contributed by atoms with Crippen molar-refractivity contribution in [3.05, 3.63) is 65.7 Å². The molecule has 1 amide bonds. The molecule has 1 saturated carbocycles. The van der Waals surface area contributed by atoms with Gasteiger partial charge >= 0.3 is 0 Å². The van der Waals surface area contributed by atoms with Gasteiger partial charge in [-0.25, -0.2) is 0 Å². The molecule has 0 aromatic heterocycles. The van der Waals surface area contributed by atoms with E-state index in [1.54, 1.807) is 12.1 Å². The molecule has 0 bridgehead atoms. The summed E-state index contributed by atoms with van der Waals surface area (Å²) in [5.74, 6) is 0.399. The normalized spacial score (nSPS) is 15.4. The van der Waals surface area contributed by atoms with Crippen molar-refractivity contribution in [3.8, 4) is 5.75 Å². The third-order valence-electron chi connectivity index (χ3n) is 4.15. The number of rotatable bonds is 5. The number of benzene rings is 2. The molecule has 2 N–H and O–H groups in total. The molecule has 0 spiro atoms. The summed E-state index contributed by atoms with van der Waals surface area (Å²) in [6, 6.07) is 17.1. The maximum absolute atomic E-state index is 12.4. The first kappa shape index (κ1) is 13.7. The van der Waals surface area contributed by atoms with Crippen LogP contribution in [0.2, 0.25) is 0 Å². The van der Waals surface area contributed by atoms with E-state index < -0.39 is 0 Å². The summed E-state index contributed by atoms with van der Waals surface area (Å²) in [6.45, 7) is 0.623. The average molecular weight is 281 g/mol. The lowest BCUT2D eigenvalue weighted by molar-refractivity contribution is -0.123.